The number of carbonyl (C=O) groups is 1. The molecule has 0 saturated heterocycles. The maximum Gasteiger partial charge on any atom is 0.410 e. The SMILES string of the molecule is CN(C(=O)OC(C)(C)C)C1CCC(OCCc2ccncc2)CC1. The van der Waals surface area contributed by atoms with Gasteiger partial charge in [0.15, 0.2) is 0 Å². The van der Waals surface area contributed by atoms with Crippen LogP contribution in [0.5, 0.6) is 0 Å². The third-order valence-corrected chi connectivity index (χ3v) is 4.37. The van der Waals surface area contributed by atoms with Crippen molar-refractivity contribution in [3.8, 4) is 0 Å². The van der Waals surface area contributed by atoms with Gasteiger partial charge in [0.25, 0.3) is 0 Å². The Kier molecular flexibility index (Phi) is 6.60. The maximum atomic E-state index is 12.1. The van der Waals surface area contributed by atoms with Crippen LogP contribution in [0.3, 0.4) is 0 Å². The molecule has 24 heavy (non-hydrogen) atoms. The quantitative estimate of drug-likeness (QED) is 0.821. The topological polar surface area (TPSA) is 51.7 Å². The van der Waals surface area contributed by atoms with Crippen LogP contribution in [0.1, 0.15) is 52.0 Å². The van der Waals surface area contributed by atoms with E-state index in [-0.39, 0.29) is 12.1 Å². The number of amides is 1. The molecule has 134 valence electrons. The van der Waals surface area contributed by atoms with E-state index in [9.17, 15) is 4.79 Å². The first-order valence-corrected chi connectivity index (χ1v) is 8.81. The van der Waals surface area contributed by atoms with Crippen LogP contribution in [0.2, 0.25) is 0 Å². The fraction of sp³-hybridized carbons (Fsp3) is 0.684. The molecule has 1 saturated carbocycles. The number of carbonyl (C=O) groups excluding carboxylic acids is 1. The first kappa shape index (κ1) is 18.7. The summed E-state index contributed by atoms with van der Waals surface area (Å²) in [5, 5.41) is 0. The largest absolute Gasteiger partial charge is 0.444 e. The van der Waals surface area contributed by atoms with Crippen molar-refractivity contribution in [2.24, 2.45) is 0 Å². The molecule has 0 atom stereocenters. The van der Waals surface area contributed by atoms with E-state index in [4.69, 9.17) is 9.47 Å². The highest BCUT2D eigenvalue weighted by atomic mass is 16.6. The van der Waals surface area contributed by atoms with E-state index >= 15 is 0 Å². The number of aromatic nitrogens is 1. The first-order chi connectivity index (χ1) is 11.3. The van der Waals surface area contributed by atoms with E-state index in [0.29, 0.717) is 6.10 Å². The molecule has 0 unspecified atom stereocenters. The van der Waals surface area contributed by atoms with Crippen molar-refractivity contribution < 1.29 is 14.3 Å². The van der Waals surface area contributed by atoms with Crippen molar-refractivity contribution in [2.45, 2.75) is 70.6 Å². The first-order valence-electron chi connectivity index (χ1n) is 8.81. The Labute approximate surface area is 145 Å². The van der Waals surface area contributed by atoms with Gasteiger partial charge < -0.3 is 14.4 Å². The third-order valence-electron chi connectivity index (χ3n) is 4.37. The van der Waals surface area contributed by atoms with Crippen LogP contribution in [0.15, 0.2) is 24.5 Å². The summed E-state index contributed by atoms with van der Waals surface area (Å²) in [6, 6.07) is 4.30. The Bertz CT molecular complexity index is 505. The Morgan fingerprint density at radius 2 is 1.83 bits per heavy atom. The predicted molar refractivity (Wildman–Crippen MR) is 93.9 cm³/mol. The molecule has 0 radical (unpaired) electrons. The zero-order valence-corrected chi connectivity index (χ0v) is 15.3. The zero-order valence-electron chi connectivity index (χ0n) is 15.3. The van der Waals surface area contributed by atoms with Crippen LogP contribution in [0.25, 0.3) is 0 Å². The Hall–Kier alpha value is -1.62. The summed E-state index contributed by atoms with van der Waals surface area (Å²) in [5.74, 6) is 0. The summed E-state index contributed by atoms with van der Waals surface area (Å²) in [5.41, 5.74) is 0.807. The van der Waals surface area contributed by atoms with E-state index in [1.165, 1.54) is 5.56 Å². The van der Waals surface area contributed by atoms with Gasteiger partial charge in [0, 0.05) is 25.5 Å². The van der Waals surface area contributed by atoms with E-state index in [0.717, 1.165) is 38.7 Å². The average molecular weight is 334 g/mol. The van der Waals surface area contributed by atoms with Crippen LogP contribution >= 0.6 is 0 Å². The van der Waals surface area contributed by atoms with Gasteiger partial charge in [-0.15, -0.1) is 0 Å². The molecule has 2 rings (SSSR count). The minimum atomic E-state index is -0.446. The summed E-state index contributed by atoms with van der Waals surface area (Å²) >= 11 is 0. The van der Waals surface area contributed by atoms with E-state index in [2.05, 4.69) is 4.98 Å². The predicted octanol–water partition coefficient (Wildman–Crippen LogP) is 3.82. The van der Waals surface area contributed by atoms with Gasteiger partial charge in [-0.05, 0) is 70.6 Å². The molecular weight excluding hydrogens is 304 g/mol. The number of hydrogen-bond acceptors (Lipinski definition) is 4. The third kappa shape index (κ3) is 6.11. The second-order valence-corrected chi connectivity index (χ2v) is 7.50. The molecular formula is C19H30N2O3. The maximum absolute atomic E-state index is 12.1. The molecule has 1 aromatic rings. The number of pyridine rings is 1. The van der Waals surface area contributed by atoms with Crippen molar-refractivity contribution in [3.63, 3.8) is 0 Å². The Balaban J connectivity index is 1.68. The summed E-state index contributed by atoms with van der Waals surface area (Å²) in [4.78, 5) is 17.9. The van der Waals surface area contributed by atoms with Gasteiger partial charge >= 0.3 is 6.09 Å². The lowest BCUT2D eigenvalue weighted by Crippen LogP contribution is -2.43. The van der Waals surface area contributed by atoms with Crippen LogP contribution in [0.4, 0.5) is 4.79 Å². The van der Waals surface area contributed by atoms with E-state index in [1.807, 2.05) is 52.3 Å². The number of ether oxygens (including phenoxy) is 2. The molecule has 1 heterocycles. The van der Waals surface area contributed by atoms with Crippen LogP contribution < -0.4 is 0 Å². The van der Waals surface area contributed by atoms with Crippen molar-refractivity contribution >= 4 is 6.09 Å². The molecule has 1 aliphatic carbocycles. The number of nitrogens with zero attached hydrogens (tertiary/aromatic N) is 2. The summed E-state index contributed by atoms with van der Waals surface area (Å²) < 4.78 is 11.4. The molecule has 5 nitrogen and oxygen atoms in total. The minimum Gasteiger partial charge on any atom is -0.444 e. The monoisotopic (exact) mass is 334 g/mol. The second-order valence-electron chi connectivity index (χ2n) is 7.50. The molecule has 1 amide bonds. The van der Waals surface area contributed by atoms with Crippen molar-refractivity contribution in [2.75, 3.05) is 13.7 Å². The van der Waals surface area contributed by atoms with Gasteiger partial charge in [-0.2, -0.15) is 0 Å². The Morgan fingerprint density at radius 3 is 2.42 bits per heavy atom. The van der Waals surface area contributed by atoms with Gasteiger partial charge in [-0.1, -0.05) is 0 Å². The van der Waals surface area contributed by atoms with Gasteiger partial charge in [0.2, 0.25) is 0 Å². The molecule has 1 fully saturated rings. The normalized spacial score (nSPS) is 21.3. The highest BCUT2D eigenvalue weighted by Gasteiger charge is 2.29. The molecule has 0 bridgehead atoms. The van der Waals surface area contributed by atoms with Gasteiger partial charge in [0.1, 0.15) is 5.60 Å². The fourth-order valence-corrected chi connectivity index (χ4v) is 2.98. The lowest BCUT2D eigenvalue weighted by molar-refractivity contribution is -0.00423. The van der Waals surface area contributed by atoms with E-state index in [1.54, 1.807) is 4.90 Å². The lowest BCUT2D eigenvalue weighted by atomic mass is 9.92. The molecule has 0 aromatic carbocycles. The fourth-order valence-electron chi connectivity index (χ4n) is 2.98. The van der Waals surface area contributed by atoms with Gasteiger partial charge in [0.05, 0.1) is 12.7 Å². The van der Waals surface area contributed by atoms with Crippen molar-refractivity contribution in [3.05, 3.63) is 30.1 Å². The van der Waals surface area contributed by atoms with Crippen molar-refractivity contribution in [1.82, 2.24) is 9.88 Å². The van der Waals surface area contributed by atoms with Crippen LogP contribution in [-0.4, -0.2) is 47.4 Å². The summed E-state index contributed by atoms with van der Waals surface area (Å²) in [6.07, 6.45) is 8.54. The minimum absolute atomic E-state index is 0.232. The molecule has 0 aliphatic heterocycles. The number of rotatable bonds is 5. The lowest BCUT2D eigenvalue weighted by Gasteiger charge is -2.35. The average Bonchev–Trinajstić information content (AvgIpc) is 2.54. The second kappa shape index (κ2) is 8.47. The Morgan fingerprint density at radius 1 is 1.21 bits per heavy atom. The van der Waals surface area contributed by atoms with E-state index < -0.39 is 5.60 Å². The summed E-state index contributed by atoms with van der Waals surface area (Å²) in [6.45, 7) is 6.42. The standard InChI is InChI=1S/C19H30N2O3/c1-19(2,3)24-18(22)21(4)16-5-7-17(8-6-16)23-14-11-15-9-12-20-13-10-15/h9-10,12-13,16-17H,5-8,11,14H2,1-4H3. The molecule has 1 aromatic heterocycles. The molecule has 0 spiro atoms. The zero-order chi connectivity index (χ0) is 17.6. The highest BCUT2D eigenvalue weighted by Crippen LogP contribution is 2.25. The number of hydrogen-bond donors (Lipinski definition) is 0. The van der Waals surface area contributed by atoms with Crippen LogP contribution in [0, 0.1) is 0 Å². The van der Waals surface area contributed by atoms with Gasteiger partial charge in [-0.25, -0.2) is 4.79 Å². The smallest absolute Gasteiger partial charge is 0.410 e. The van der Waals surface area contributed by atoms with Crippen LogP contribution in [-0.2, 0) is 15.9 Å². The molecule has 5 heteroatoms. The highest BCUT2D eigenvalue weighted by molar-refractivity contribution is 5.68. The van der Waals surface area contributed by atoms with Crippen molar-refractivity contribution in [1.29, 1.82) is 0 Å². The van der Waals surface area contributed by atoms with Gasteiger partial charge in [-0.3, -0.25) is 4.98 Å². The molecule has 1 aliphatic rings. The summed E-state index contributed by atoms with van der Waals surface area (Å²) in [7, 11) is 1.84. The molecule has 0 N–H and O–H groups in total.